The molecule has 0 amide bonds. The number of unbranched alkanes of at least 4 members (excludes halogenated alkanes) is 3. The summed E-state index contributed by atoms with van der Waals surface area (Å²) < 4.78 is 5.83. The first-order valence-electron chi connectivity index (χ1n) is 7.45. The molecule has 0 saturated heterocycles. The summed E-state index contributed by atoms with van der Waals surface area (Å²) in [5, 5.41) is 4.64. The van der Waals surface area contributed by atoms with E-state index in [1.807, 2.05) is 24.3 Å². The SMILES string of the molecule is CCCCCCNCc1ccc(-c2ccc(Cl)cc2Cl)o1. The molecule has 114 valence electrons. The quantitative estimate of drug-likeness (QED) is 0.609. The normalized spacial score (nSPS) is 11.0. The Labute approximate surface area is 136 Å². The second-order valence-corrected chi connectivity index (χ2v) is 5.97. The number of furan rings is 1. The predicted molar refractivity (Wildman–Crippen MR) is 90.0 cm³/mol. The predicted octanol–water partition coefficient (Wildman–Crippen LogP) is 5.92. The smallest absolute Gasteiger partial charge is 0.135 e. The van der Waals surface area contributed by atoms with Gasteiger partial charge in [0.2, 0.25) is 0 Å². The van der Waals surface area contributed by atoms with Crippen LogP contribution in [0, 0.1) is 0 Å². The number of nitrogens with one attached hydrogen (secondary N) is 1. The molecule has 1 aromatic carbocycles. The van der Waals surface area contributed by atoms with Gasteiger partial charge in [0.1, 0.15) is 11.5 Å². The summed E-state index contributed by atoms with van der Waals surface area (Å²) in [5.41, 5.74) is 0.871. The molecular formula is C17H21Cl2NO. The molecule has 2 rings (SSSR count). The minimum absolute atomic E-state index is 0.607. The lowest BCUT2D eigenvalue weighted by Crippen LogP contribution is -2.14. The highest BCUT2D eigenvalue weighted by Gasteiger charge is 2.09. The fourth-order valence-corrected chi connectivity index (χ4v) is 2.70. The Hall–Kier alpha value is -0.960. The first-order chi connectivity index (χ1) is 10.2. The molecule has 1 heterocycles. The van der Waals surface area contributed by atoms with Crippen LogP contribution in [0.4, 0.5) is 0 Å². The molecule has 0 unspecified atom stereocenters. The average Bonchev–Trinajstić information content (AvgIpc) is 2.91. The van der Waals surface area contributed by atoms with E-state index in [4.69, 9.17) is 27.6 Å². The van der Waals surface area contributed by atoms with Gasteiger partial charge >= 0.3 is 0 Å². The van der Waals surface area contributed by atoms with Crippen molar-refractivity contribution in [2.45, 2.75) is 39.2 Å². The highest BCUT2D eigenvalue weighted by Crippen LogP contribution is 2.31. The zero-order chi connectivity index (χ0) is 15.1. The highest BCUT2D eigenvalue weighted by atomic mass is 35.5. The lowest BCUT2D eigenvalue weighted by atomic mass is 10.2. The number of hydrogen-bond acceptors (Lipinski definition) is 2. The summed E-state index contributed by atoms with van der Waals surface area (Å²) in [6.45, 7) is 3.99. The summed E-state index contributed by atoms with van der Waals surface area (Å²) in [7, 11) is 0. The van der Waals surface area contributed by atoms with Gasteiger partial charge in [0, 0.05) is 10.6 Å². The molecule has 0 saturated carbocycles. The molecule has 0 fully saturated rings. The highest BCUT2D eigenvalue weighted by molar-refractivity contribution is 6.36. The van der Waals surface area contributed by atoms with Crippen LogP contribution in [0.2, 0.25) is 10.0 Å². The van der Waals surface area contributed by atoms with E-state index in [1.54, 1.807) is 6.07 Å². The van der Waals surface area contributed by atoms with Gasteiger partial charge in [-0.3, -0.25) is 0 Å². The van der Waals surface area contributed by atoms with E-state index >= 15 is 0 Å². The Morgan fingerprint density at radius 2 is 1.90 bits per heavy atom. The van der Waals surface area contributed by atoms with E-state index < -0.39 is 0 Å². The molecule has 0 radical (unpaired) electrons. The maximum Gasteiger partial charge on any atom is 0.135 e. The second kappa shape index (κ2) is 8.47. The van der Waals surface area contributed by atoms with Crippen LogP contribution in [-0.4, -0.2) is 6.54 Å². The number of hydrogen-bond donors (Lipinski definition) is 1. The van der Waals surface area contributed by atoms with Crippen LogP contribution in [0.3, 0.4) is 0 Å². The van der Waals surface area contributed by atoms with E-state index in [9.17, 15) is 0 Å². The molecule has 0 aliphatic heterocycles. The molecule has 1 aromatic heterocycles. The first-order valence-corrected chi connectivity index (χ1v) is 8.21. The third-order valence-corrected chi connectivity index (χ3v) is 3.91. The number of halogens is 2. The standard InChI is InChI=1S/C17H21Cl2NO/c1-2-3-4-5-10-20-12-14-7-9-17(21-14)15-8-6-13(18)11-16(15)19/h6-9,11,20H,2-5,10,12H2,1H3. The molecule has 21 heavy (non-hydrogen) atoms. The Balaban J connectivity index is 1.86. The van der Waals surface area contributed by atoms with Gasteiger partial charge in [-0.25, -0.2) is 0 Å². The fraction of sp³-hybridized carbons (Fsp3) is 0.412. The molecule has 0 aliphatic carbocycles. The molecule has 4 heteroatoms. The van der Waals surface area contributed by atoms with Gasteiger partial charge in [0.25, 0.3) is 0 Å². The average molecular weight is 326 g/mol. The minimum atomic E-state index is 0.607. The fourth-order valence-electron chi connectivity index (χ4n) is 2.20. The second-order valence-electron chi connectivity index (χ2n) is 5.13. The Kier molecular flexibility index (Phi) is 6.62. The van der Waals surface area contributed by atoms with Crippen molar-refractivity contribution in [1.29, 1.82) is 0 Å². The Morgan fingerprint density at radius 1 is 1.05 bits per heavy atom. The van der Waals surface area contributed by atoms with Crippen molar-refractivity contribution in [3.63, 3.8) is 0 Å². The van der Waals surface area contributed by atoms with Crippen LogP contribution in [0.1, 0.15) is 38.4 Å². The van der Waals surface area contributed by atoms with E-state index in [1.165, 1.54) is 25.7 Å². The van der Waals surface area contributed by atoms with Crippen LogP contribution in [0.25, 0.3) is 11.3 Å². The molecule has 0 aliphatic rings. The number of benzene rings is 1. The minimum Gasteiger partial charge on any atom is -0.460 e. The molecule has 2 aromatic rings. The summed E-state index contributed by atoms with van der Waals surface area (Å²) in [6, 6.07) is 9.36. The van der Waals surface area contributed by atoms with Crippen molar-refractivity contribution >= 4 is 23.2 Å². The molecule has 1 N–H and O–H groups in total. The van der Waals surface area contributed by atoms with Crippen LogP contribution >= 0.6 is 23.2 Å². The van der Waals surface area contributed by atoms with Gasteiger partial charge in [-0.15, -0.1) is 0 Å². The Morgan fingerprint density at radius 3 is 2.67 bits per heavy atom. The maximum absolute atomic E-state index is 6.19. The van der Waals surface area contributed by atoms with Gasteiger partial charge in [-0.05, 0) is 43.3 Å². The van der Waals surface area contributed by atoms with Crippen molar-refractivity contribution in [2.24, 2.45) is 0 Å². The molecule has 0 spiro atoms. The van der Waals surface area contributed by atoms with E-state index in [2.05, 4.69) is 12.2 Å². The molecule has 0 atom stereocenters. The van der Waals surface area contributed by atoms with Crippen molar-refractivity contribution in [1.82, 2.24) is 5.32 Å². The summed E-state index contributed by atoms with van der Waals surface area (Å²) in [6.07, 6.45) is 5.07. The van der Waals surface area contributed by atoms with Crippen LogP contribution in [-0.2, 0) is 6.54 Å². The topological polar surface area (TPSA) is 25.2 Å². The molecule has 0 bridgehead atoms. The third kappa shape index (κ3) is 5.06. The van der Waals surface area contributed by atoms with Crippen LogP contribution < -0.4 is 5.32 Å². The van der Waals surface area contributed by atoms with Gasteiger partial charge in [-0.1, -0.05) is 49.4 Å². The van der Waals surface area contributed by atoms with Crippen LogP contribution in [0.5, 0.6) is 0 Å². The van der Waals surface area contributed by atoms with Crippen molar-refractivity contribution in [3.05, 3.63) is 46.1 Å². The molecular weight excluding hydrogens is 305 g/mol. The molecule has 2 nitrogen and oxygen atoms in total. The van der Waals surface area contributed by atoms with Gasteiger partial charge in [0.05, 0.1) is 11.6 Å². The lowest BCUT2D eigenvalue weighted by Gasteiger charge is -2.03. The maximum atomic E-state index is 6.19. The summed E-state index contributed by atoms with van der Waals surface area (Å²) >= 11 is 12.1. The Bertz CT molecular complexity index is 566. The van der Waals surface area contributed by atoms with Crippen molar-refractivity contribution < 1.29 is 4.42 Å². The third-order valence-electron chi connectivity index (χ3n) is 3.36. The first kappa shape index (κ1) is 16.4. The van der Waals surface area contributed by atoms with Crippen LogP contribution in [0.15, 0.2) is 34.7 Å². The van der Waals surface area contributed by atoms with Gasteiger partial charge in [0.15, 0.2) is 0 Å². The van der Waals surface area contributed by atoms with E-state index in [-0.39, 0.29) is 0 Å². The summed E-state index contributed by atoms with van der Waals surface area (Å²) in [5.74, 6) is 1.70. The number of rotatable bonds is 8. The van der Waals surface area contributed by atoms with E-state index in [0.29, 0.717) is 10.0 Å². The lowest BCUT2D eigenvalue weighted by molar-refractivity contribution is 0.487. The monoisotopic (exact) mass is 325 g/mol. The van der Waals surface area contributed by atoms with E-state index in [0.717, 1.165) is 30.2 Å². The summed E-state index contributed by atoms with van der Waals surface area (Å²) in [4.78, 5) is 0. The largest absolute Gasteiger partial charge is 0.460 e. The van der Waals surface area contributed by atoms with Crippen molar-refractivity contribution in [3.8, 4) is 11.3 Å². The van der Waals surface area contributed by atoms with Gasteiger partial charge in [-0.2, -0.15) is 0 Å². The zero-order valence-electron chi connectivity index (χ0n) is 12.3. The van der Waals surface area contributed by atoms with Gasteiger partial charge < -0.3 is 9.73 Å². The zero-order valence-corrected chi connectivity index (χ0v) is 13.8. The van der Waals surface area contributed by atoms with Crippen molar-refractivity contribution in [2.75, 3.05) is 6.54 Å².